The van der Waals surface area contributed by atoms with Gasteiger partial charge in [0, 0.05) is 38.2 Å². The summed E-state index contributed by atoms with van der Waals surface area (Å²) in [6.45, 7) is 8.33. The third-order valence-corrected chi connectivity index (χ3v) is 5.61. The van der Waals surface area contributed by atoms with Crippen molar-refractivity contribution in [2.45, 2.75) is 45.0 Å². The number of aliphatic hydroxyl groups is 1. The number of benzene rings is 2. The molecular weight excluding hydrogens is 418 g/mol. The maximum Gasteiger partial charge on any atom is 0.315 e. The van der Waals surface area contributed by atoms with Gasteiger partial charge in [0.1, 0.15) is 0 Å². The molecule has 1 fully saturated rings. The summed E-state index contributed by atoms with van der Waals surface area (Å²) < 4.78 is 12.7. The van der Waals surface area contributed by atoms with Crippen molar-refractivity contribution in [3.63, 3.8) is 0 Å². The van der Waals surface area contributed by atoms with E-state index in [9.17, 15) is 9.90 Å². The molecule has 2 amide bonds. The van der Waals surface area contributed by atoms with Crippen molar-refractivity contribution in [1.82, 2.24) is 15.5 Å². The first-order valence-electron chi connectivity index (χ1n) is 11.4. The zero-order valence-electron chi connectivity index (χ0n) is 19.5. The number of nitrogens with zero attached hydrogens (tertiary/aromatic N) is 1. The lowest BCUT2D eigenvalue weighted by Crippen LogP contribution is -2.37. The molecule has 1 heterocycles. The molecule has 33 heavy (non-hydrogen) atoms. The highest BCUT2D eigenvalue weighted by Crippen LogP contribution is 2.38. The normalized spacial score (nSPS) is 20.4. The van der Waals surface area contributed by atoms with Crippen LogP contribution in [0.4, 0.5) is 4.79 Å². The predicted octanol–water partition coefficient (Wildman–Crippen LogP) is 3.66. The number of nitrogens with one attached hydrogen (secondary N) is 2. The third kappa shape index (κ3) is 7.40. The lowest BCUT2D eigenvalue weighted by Gasteiger charge is -2.37. The average molecular weight is 454 g/mol. The summed E-state index contributed by atoms with van der Waals surface area (Å²) in [6, 6.07) is 15.6. The minimum atomic E-state index is -0.492. The van der Waals surface area contributed by atoms with Gasteiger partial charge in [0.2, 0.25) is 0 Å². The fraction of sp³-hybridized carbons (Fsp3) is 0.423. The van der Waals surface area contributed by atoms with Crippen LogP contribution in [0.5, 0.6) is 0 Å². The van der Waals surface area contributed by atoms with E-state index >= 15 is 0 Å². The number of rotatable bonds is 10. The van der Waals surface area contributed by atoms with Crippen LogP contribution in [-0.4, -0.2) is 48.8 Å². The van der Waals surface area contributed by atoms with Gasteiger partial charge in [-0.15, -0.1) is 6.58 Å². The standard InChI is InChI=1S/C26H35N3O4/c1-4-14-29(3)17-23-15-24(21-10-8-20(18-30)9-11-21)33-25(32-23)22-12-6-19(7-13-22)16-28-26(31)27-5-2/h4,6-13,23-25,30H,1,5,14-18H2,2-3H3,(H2,27,28,31). The summed E-state index contributed by atoms with van der Waals surface area (Å²) in [7, 11) is 2.05. The van der Waals surface area contributed by atoms with Gasteiger partial charge in [-0.3, -0.25) is 0 Å². The Balaban J connectivity index is 1.72. The van der Waals surface area contributed by atoms with Crippen LogP contribution in [0.15, 0.2) is 61.2 Å². The number of carbonyl (C=O) groups excluding carboxylic acids is 1. The van der Waals surface area contributed by atoms with Gasteiger partial charge in [-0.1, -0.05) is 54.6 Å². The topological polar surface area (TPSA) is 83.1 Å². The Kier molecular flexibility index (Phi) is 9.45. The number of hydrogen-bond acceptors (Lipinski definition) is 5. The van der Waals surface area contributed by atoms with Gasteiger partial charge >= 0.3 is 6.03 Å². The first kappa shape index (κ1) is 24.9. The van der Waals surface area contributed by atoms with E-state index in [1.54, 1.807) is 0 Å². The Labute approximate surface area is 196 Å². The van der Waals surface area contributed by atoms with E-state index in [0.29, 0.717) is 13.1 Å². The van der Waals surface area contributed by atoms with Crippen molar-refractivity contribution < 1.29 is 19.4 Å². The van der Waals surface area contributed by atoms with Crippen molar-refractivity contribution in [2.75, 3.05) is 26.7 Å². The third-order valence-electron chi connectivity index (χ3n) is 5.61. The van der Waals surface area contributed by atoms with Crippen LogP contribution in [0, 0.1) is 0 Å². The molecule has 0 aliphatic carbocycles. The molecule has 0 saturated carbocycles. The first-order chi connectivity index (χ1) is 16.0. The molecular formula is C26H35N3O4. The summed E-state index contributed by atoms with van der Waals surface area (Å²) in [4.78, 5) is 13.8. The van der Waals surface area contributed by atoms with Crippen LogP contribution in [-0.2, 0) is 22.6 Å². The maximum atomic E-state index is 11.6. The largest absolute Gasteiger partial charge is 0.392 e. The highest BCUT2D eigenvalue weighted by Gasteiger charge is 2.32. The van der Waals surface area contributed by atoms with Crippen LogP contribution in [0.1, 0.15) is 48.0 Å². The fourth-order valence-corrected chi connectivity index (χ4v) is 3.87. The molecule has 2 aromatic carbocycles. The molecule has 2 aromatic rings. The first-order valence-corrected chi connectivity index (χ1v) is 11.4. The minimum absolute atomic E-state index is 0.00435. The molecule has 7 nitrogen and oxygen atoms in total. The van der Waals surface area contributed by atoms with E-state index in [-0.39, 0.29) is 24.8 Å². The lowest BCUT2D eigenvalue weighted by molar-refractivity contribution is -0.252. The van der Waals surface area contributed by atoms with Crippen molar-refractivity contribution >= 4 is 6.03 Å². The lowest BCUT2D eigenvalue weighted by atomic mass is 9.99. The van der Waals surface area contributed by atoms with Gasteiger partial charge < -0.3 is 30.1 Å². The Bertz CT molecular complexity index is 885. The zero-order valence-corrected chi connectivity index (χ0v) is 19.5. The molecule has 1 aliphatic heterocycles. The van der Waals surface area contributed by atoms with Crippen LogP contribution in [0.3, 0.4) is 0 Å². The number of aliphatic hydroxyl groups excluding tert-OH is 1. The van der Waals surface area contributed by atoms with Gasteiger partial charge in [-0.05, 0) is 30.7 Å². The van der Waals surface area contributed by atoms with E-state index in [1.807, 2.05) is 61.5 Å². The molecule has 0 aromatic heterocycles. The van der Waals surface area contributed by atoms with E-state index in [0.717, 1.165) is 41.8 Å². The second-order valence-electron chi connectivity index (χ2n) is 8.31. The maximum absolute atomic E-state index is 11.6. The number of carbonyl (C=O) groups is 1. The van der Waals surface area contributed by atoms with E-state index in [4.69, 9.17) is 9.47 Å². The molecule has 0 bridgehead atoms. The van der Waals surface area contributed by atoms with E-state index in [2.05, 4.69) is 29.2 Å². The molecule has 3 N–H and O–H groups in total. The number of urea groups is 1. The second kappa shape index (κ2) is 12.5. The Morgan fingerprint density at radius 2 is 1.76 bits per heavy atom. The Morgan fingerprint density at radius 3 is 2.39 bits per heavy atom. The highest BCUT2D eigenvalue weighted by molar-refractivity contribution is 5.73. The molecule has 7 heteroatoms. The average Bonchev–Trinajstić information content (AvgIpc) is 2.83. The number of likely N-dealkylation sites (N-methyl/N-ethyl adjacent to an activating group) is 1. The van der Waals surface area contributed by atoms with Crippen molar-refractivity contribution in [3.8, 4) is 0 Å². The van der Waals surface area contributed by atoms with Gasteiger partial charge in [-0.2, -0.15) is 0 Å². The smallest absolute Gasteiger partial charge is 0.315 e. The Morgan fingerprint density at radius 1 is 1.09 bits per heavy atom. The monoisotopic (exact) mass is 453 g/mol. The number of ether oxygens (including phenoxy) is 2. The zero-order chi connectivity index (χ0) is 23.6. The molecule has 3 atom stereocenters. The summed E-state index contributed by atoms with van der Waals surface area (Å²) in [5.41, 5.74) is 3.88. The van der Waals surface area contributed by atoms with Crippen LogP contribution in [0.2, 0.25) is 0 Å². The SMILES string of the molecule is C=CCN(C)CC1CC(c2ccc(CO)cc2)OC(c2ccc(CNC(=O)NCC)cc2)O1. The minimum Gasteiger partial charge on any atom is -0.392 e. The van der Waals surface area contributed by atoms with Gasteiger partial charge in [0.05, 0.1) is 18.8 Å². The summed E-state index contributed by atoms with van der Waals surface area (Å²) in [6.07, 6.45) is 2.02. The van der Waals surface area contributed by atoms with Crippen molar-refractivity contribution in [2.24, 2.45) is 0 Å². The van der Waals surface area contributed by atoms with Gasteiger partial charge in [0.25, 0.3) is 0 Å². The van der Waals surface area contributed by atoms with E-state index < -0.39 is 6.29 Å². The van der Waals surface area contributed by atoms with E-state index in [1.165, 1.54) is 0 Å². The van der Waals surface area contributed by atoms with Crippen molar-refractivity contribution in [1.29, 1.82) is 0 Å². The Hall–Kier alpha value is -2.71. The van der Waals surface area contributed by atoms with Gasteiger partial charge in [0.15, 0.2) is 6.29 Å². The summed E-state index contributed by atoms with van der Waals surface area (Å²) >= 11 is 0. The number of hydrogen-bond donors (Lipinski definition) is 3. The molecule has 3 rings (SSSR count). The molecule has 0 spiro atoms. The molecule has 1 saturated heterocycles. The number of amides is 2. The van der Waals surface area contributed by atoms with Crippen LogP contribution < -0.4 is 10.6 Å². The summed E-state index contributed by atoms with van der Waals surface area (Å²) in [5.74, 6) is 0. The summed E-state index contributed by atoms with van der Waals surface area (Å²) in [5, 5.41) is 14.9. The fourth-order valence-electron chi connectivity index (χ4n) is 3.87. The second-order valence-corrected chi connectivity index (χ2v) is 8.31. The molecule has 0 radical (unpaired) electrons. The highest BCUT2D eigenvalue weighted by atomic mass is 16.7. The predicted molar refractivity (Wildman–Crippen MR) is 128 cm³/mol. The van der Waals surface area contributed by atoms with Crippen LogP contribution >= 0.6 is 0 Å². The van der Waals surface area contributed by atoms with Crippen LogP contribution in [0.25, 0.3) is 0 Å². The molecule has 3 unspecified atom stereocenters. The molecule has 1 aliphatic rings. The van der Waals surface area contributed by atoms with Crippen molar-refractivity contribution in [3.05, 3.63) is 83.4 Å². The quantitative estimate of drug-likeness (QED) is 0.478. The molecule has 178 valence electrons. The van der Waals surface area contributed by atoms with Gasteiger partial charge in [-0.25, -0.2) is 4.79 Å².